The van der Waals surface area contributed by atoms with Crippen LogP contribution in [-0.2, 0) is 20.8 Å². The van der Waals surface area contributed by atoms with Gasteiger partial charge in [-0.1, -0.05) is 72.8 Å². The standard InChI is InChI=1S/C29H26N2O5/c1-18-7-5-6-10-23(18)31-26(33)24-22(16-13-19-8-3-2-4-9-19)30-29(28(35)36,25(24)27(31)34)17-20-11-14-21(32)15-12-20/h2-16,22,24-25,30,32H,17H2,1H3,(H,35,36). The topological polar surface area (TPSA) is 107 Å². The maximum atomic E-state index is 13.9. The number of carbonyl (C=O) groups excluding carboxylic acids is 2. The number of anilines is 1. The van der Waals surface area contributed by atoms with E-state index in [4.69, 9.17) is 0 Å². The number of aryl methyl sites for hydroxylation is 1. The van der Waals surface area contributed by atoms with Gasteiger partial charge >= 0.3 is 5.97 Å². The van der Waals surface area contributed by atoms with E-state index in [1.807, 2.05) is 55.5 Å². The van der Waals surface area contributed by atoms with Crippen molar-refractivity contribution in [2.24, 2.45) is 11.8 Å². The molecule has 5 rings (SSSR count). The third-order valence-electron chi connectivity index (χ3n) is 7.15. The maximum Gasteiger partial charge on any atom is 0.325 e. The first kappa shape index (κ1) is 23.5. The number of carboxylic acids is 1. The molecule has 2 heterocycles. The molecule has 4 unspecified atom stereocenters. The second kappa shape index (κ2) is 9.09. The largest absolute Gasteiger partial charge is 0.508 e. The fourth-order valence-corrected chi connectivity index (χ4v) is 5.41. The van der Waals surface area contributed by atoms with Gasteiger partial charge in [-0.15, -0.1) is 0 Å². The smallest absolute Gasteiger partial charge is 0.325 e. The highest BCUT2D eigenvalue weighted by atomic mass is 16.4. The SMILES string of the molecule is Cc1ccccc1N1C(=O)C2C(C=Cc3ccccc3)NC(Cc3ccc(O)cc3)(C(=O)O)C2C1=O. The second-order valence-corrected chi connectivity index (χ2v) is 9.36. The number of hydrogen-bond acceptors (Lipinski definition) is 5. The van der Waals surface area contributed by atoms with Crippen molar-refractivity contribution in [3.05, 3.63) is 102 Å². The fourth-order valence-electron chi connectivity index (χ4n) is 5.41. The van der Waals surface area contributed by atoms with Gasteiger partial charge < -0.3 is 10.2 Å². The molecule has 0 radical (unpaired) electrons. The minimum atomic E-state index is -1.71. The molecule has 2 aliphatic rings. The number of benzene rings is 3. The molecule has 3 aromatic rings. The van der Waals surface area contributed by atoms with Crippen LogP contribution < -0.4 is 10.2 Å². The highest BCUT2D eigenvalue weighted by molar-refractivity contribution is 6.24. The van der Waals surface area contributed by atoms with Crippen LogP contribution in [0.4, 0.5) is 5.69 Å². The predicted octanol–water partition coefficient (Wildman–Crippen LogP) is 3.56. The third-order valence-corrected chi connectivity index (χ3v) is 7.15. The number of phenols is 1. The second-order valence-electron chi connectivity index (χ2n) is 9.36. The first-order valence-electron chi connectivity index (χ1n) is 11.8. The summed E-state index contributed by atoms with van der Waals surface area (Å²) in [6.07, 6.45) is 3.59. The van der Waals surface area contributed by atoms with E-state index in [2.05, 4.69) is 5.32 Å². The summed E-state index contributed by atoms with van der Waals surface area (Å²) >= 11 is 0. The van der Waals surface area contributed by atoms with E-state index in [1.165, 1.54) is 12.1 Å². The molecule has 182 valence electrons. The Morgan fingerprint density at radius 1 is 0.972 bits per heavy atom. The molecule has 0 saturated carbocycles. The van der Waals surface area contributed by atoms with Crippen molar-refractivity contribution in [2.45, 2.75) is 24.9 Å². The van der Waals surface area contributed by atoms with Crippen LogP contribution in [0.1, 0.15) is 16.7 Å². The zero-order valence-corrected chi connectivity index (χ0v) is 19.7. The highest BCUT2D eigenvalue weighted by Gasteiger charge is 2.68. The molecule has 0 bridgehead atoms. The molecule has 2 fully saturated rings. The summed E-state index contributed by atoms with van der Waals surface area (Å²) in [6, 6.07) is 22.1. The van der Waals surface area contributed by atoms with E-state index < -0.39 is 41.2 Å². The van der Waals surface area contributed by atoms with E-state index >= 15 is 0 Å². The van der Waals surface area contributed by atoms with E-state index in [1.54, 1.807) is 30.3 Å². The zero-order valence-electron chi connectivity index (χ0n) is 19.7. The van der Waals surface area contributed by atoms with Crippen molar-refractivity contribution in [1.82, 2.24) is 5.32 Å². The van der Waals surface area contributed by atoms with Crippen molar-refractivity contribution in [2.75, 3.05) is 4.90 Å². The summed E-state index contributed by atoms with van der Waals surface area (Å²) in [6.45, 7) is 1.82. The van der Waals surface area contributed by atoms with Gasteiger partial charge in [0.15, 0.2) is 0 Å². The van der Waals surface area contributed by atoms with Gasteiger partial charge in [0.25, 0.3) is 0 Å². The number of nitrogens with zero attached hydrogens (tertiary/aromatic N) is 1. The molecule has 3 aromatic carbocycles. The molecule has 0 aliphatic carbocycles. The quantitative estimate of drug-likeness (QED) is 0.464. The summed E-state index contributed by atoms with van der Waals surface area (Å²) < 4.78 is 0. The van der Waals surface area contributed by atoms with Crippen LogP contribution >= 0.6 is 0 Å². The van der Waals surface area contributed by atoms with Gasteiger partial charge in [0.05, 0.1) is 17.5 Å². The van der Waals surface area contributed by atoms with Gasteiger partial charge in [0.1, 0.15) is 11.3 Å². The molecular formula is C29H26N2O5. The summed E-state index contributed by atoms with van der Waals surface area (Å²) in [5, 5.41) is 23.4. The van der Waals surface area contributed by atoms with Gasteiger partial charge in [-0.05, 0) is 41.8 Å². The van der Waals surface area contributed by atoms with Crippen molar-refractivity contribution >= 4 is 29.5 Å². The minimum absolute atomic E-state index is 0.0277. The van der Waals surface area contributed by atoms with Crippen molar-refractivity contribution in [3.8, 4) is 5.75 Å². The number of amides is 2. The first-order chi connectivity index (χ1) is 17.3. The normalized spacial score (nSPS) is 25.5. The minimum Gasteiger partial charge on any atom is -0.508 e. The number of fused-ring (bicyclic) bond motifs is 1. The molecule has 7 nitrogen and oxygen atoms in total. The molecule has 36 heavy (non-hydrogen) atoms. The number of aromatic hydroxyl groups is 1. The molecule has 7 heteroatoms. The van der Waals surface area contributed by atoms with Crippen LogP contribution in [0.15, 0.2) is 84.9 Å². The molecule has 4 atom stereocenters. The summed E-state index contributed by atoms with van der Waals surface area (Å²) in [5.74, 6) is -4.07. The van der Waals surface area contributed by atoms with E-state index in [0.717, 1.165) is 16.0 Å². The average molecular weight is 483 g/mol. The molecule has 2 saturated heterocycles. The number of para-hydroxylation sites is 1. The van der Waals surface area contributed by atoms with Crippen LogP contribution in [-0.4, -0.2) is 39.6 Å². The van der Waals surface area contributed by atoms with Crippen LogP contribution in [0, 0.1) is 18.8 Å². The molecule has 2 amide bonds. The molecule has 2 aliphatic heterocycles. The molecule has 0 spiro atoms. The van der Waals surface area contributed by atoms with Crippen LogP contribution in [0.5, 0.6) is 5.75 Å². The lowest BCUT2D eigenvalue weighted by molar-refractivity contribution is -0.148. The predicted molar refractivity (Wildman–Crippen MR) is 135 cm³/mol. The molecule has 3 N–H and O–H groups in total. The van der Waals surface area contributed by atoms with Crippen LogP contribution in [0.25, 0.3) is 6.08 Å². The van der Waals surface area contributed by atoms with Crippen molar-refractivity contribution in [1.29, 1.82) is 0 Å². The van der Waals surface area contributed by atoms with Crippen molar-refractivity contribution < 1.29 is 24.6 Å². The lowest BCUT2D eigenvalue weighted by Gasteiger charge is -2.31. The Bertz CT molecular complexity index is 1350. The Balaban J connectivity index is 1.61. The lowest BCUT2D eigenvalue weighted by Crippen LogP contribution is -2.58. The lowest BCUT2D eigenvalue weighted by atomic mass is 9.76. The maximum absolute atomic E-state index is 13.9. The number of rotatable bonds is 6. The molecular weight excluding hydrogens is 456 g/mol. The van der Waals surface area contributed by atoms with Gasteiger partial charge in [0.2, 0.25) is 11.8 Å². The van der Waals surface area contributed by atoms with Gasteiger partial charge in [0, 0.05) is 12.5 Å². The summed E-state index contributed by atoms with van der Waals surface area (Å²) in [7, 11) is 0. The first-order valence-corrected chi connectivity index (χ1v) is 11.8. The number of hydrogen-bond donors (Lipinski definition) is 3. The Morgan fingerprint density at radius 2 is 1.64 bits per heavy atom. The zero-order chi connectivity index (χ0) is 25.4. The Hall–Kier alpha value is -4.23. The fraction of sp³-hybridized carbons (Fsp3) is 0.207. The van der Waals surface area contributed by atoms with Gasteiger partial charge in [-0.25, -0.2) is 4.90 Å². The van der Waals surface area contributed by atoms with E-state index in [0.29, 0.717) is 11.3 Å². The van der Waals surface area contributed by atoms with Gasteiger partial charge in [-0.3, -0.25) is 19.7 Å². The summed E-state index contributed by atoms with van der Waals surface area (Å²) in [5.41, 5.74) is 1.04. The van der Waals surface area contributed by atoms with E-state index in [9.17, 15) is 24.6 Å². The van der Waals surface area contributed by atoms with Crippen molar-refractivity contribution in [3.63, 3.8) is 0 Å². The monoisotopic (exact) mass is 482 g/mol. The number of aliphatic carboxylic acids is 1. The number of imide groups is 1. The highest BCUT2D eigenvalue weighted by Crippen LogP contribution is 2.47. The Kier molecular flexibility index (Phi) is 5.94. The average Bonchev–Trinajstić information content (AvgIpc) is 3.34. The van der Waals surface area contributed by atoms with Crippen LogP contribution in [0.2, 0.25) is 0 Å². The number of nitrogens with one attached hydrogen (secondary N) is 1. The van der Waals surface area contributed by atoms with E-state index in [-0.39, 0.29) is 12.2 Å². The van der Waals surface area contributed by atoms with Crippen LogP contribution in [0.3, 0.4) is 0 Å². The summed E-state index contributed by atoms with van der Waals surface area (Å²) in [4.78, 5) is 41.7. The van der Waals surface area contributed by atoms with Gasteiger partial charge in [-0.2, -0.15) is 0 Å². The number of phenolic OH excluding ortho intramolecular Hbond substituents is 1. The number of carbonyl (C=O) groups is 3. The third kappa shape index (κ3) is 3.87. The Morgan fingerprint density at radius 3 is 2.31 bits per heavy atom. The Labute approximate surface area is 208 Å². The molecule has 0 aromatic heterocycles. The number of carboxylic acid groups (broad SMARTS) is 1.